The van der Waals surface area contributed by atoms with Crippen LogP contribution in [0.5, 0.6) is 0 Å². The zero-order valence-electron chi connectivity index (χ0n) is 27.5. The lowest BCUT2D eigenvalue weighted by molar-refractivity contribution is -0.152. The van der Waals surface area contributed by atoms with E-state index in [-0.39, 0.29) is 19.3 Å². The number of carbonyl (C=O) groups excluding carboxylic acids is 3. The minimum absolute atomic E-state index is 0.130. The van der Waals surface area contributed by atoms with Gasteiger partial charge in [0.25, 0.3) is 10.1 Å². The van der Waals surface area contributed by atoms with E-state index in [1.165, 1.54) is 0 Å². The maximum absolute atomic E-state index is 13.7. The fourth-order valence-electron chi connectivity index (χ4n) is 6.20. The zero-order valence-corrected chi connectivity index (χ0v) is 30.5. The average molecular weight is 757 g/mol. The van der Waals surface area contributed by atoms with Crippen LogP contribution in [0.1, 0.15) is 73.4 Å². The molecule has 0 radical (unpaired) electrons. The summed E-state index contributed by atoms with van der Waals surface area (Å²) in [5.41, 5.74) is 7.14. The largest absolute Gasteiger partial charge is 0.464 e. The summed E-state index contributed by atoms with van der Waals surface area (Å²) in [5, 5.41) is 0.828. The van der Waals surface area contributed by atoms with Crippen molar-refractivity contribution in [3.8, 4) is 0 Å². The number of benzene rings is 2. The Balaban J connectivity index is 1.91. The smallest absolute Gasteiger partial charge is 0.338 e. The van der Waals surface area contributed by atoms with Gasteiger partial charge in [0.05, 0.1) is 17.0 Å². The summed E-state index contributed by atoms with van der Waals surface area (Å²) >= 11 is 2.29. The number of hydrogen-bond donors (Lipinski definition) is 1. The van der Waals surface area contributed by atoms with Gasteiger partial charge in [-0.1, -0.05) is 66.0 Å². The summed E-state index contributed by atoms with van der Waals surface area (Å²) < 4.78 is 48.7. The van der Waals surface area contributed by atoms with Gasteiger partial charge in [-0.25, -0.2) is 9.59 Å². The Morgan fingerprint density at radius 2 is 1.28 bits per heavy atom. The van der Waals surface area contributed by atoms with E-state index in [0.717, 1.165) is 63.8 Å². The molecule has 0 aliphatic heterocycles. The van der Waals surface area contributed by atoms with Crippen LogP contribution in [0.15, 0.2) is 24.3 Å². The predicted molar refractivity (Wildman–Crippen MR) is 202 cm³/mol. The minimum atomic E-state index is -4.32. The average Bonchev–Trinajstić information content (AvgIpc) is 3.03. The third-order valence-electron chi connectivity index (χ3n) is 8.61. The number of hydrogen-bond acceptors (Lipinski definition) is 8. The van der Waals surface area contributed by atoms with E-state index in [1.54, 1.807) is 0 Å². The van der Waals surface area contributed by atoms with Gasteiger partial charge >= 0.3 is 17.9 Å². The highest BCUT2D eigenvalue weighted by Gasteiger charge is 2.38. The summed E-state index contributed by atoms with van der Waals surface area (Å²) in [6, 6.07) is 7.99. The first-order valence-electron chi connectivity index (χ1n) is 16.3. The third kappa shape index (κ3) is 10.4. The number of rotatable bonds is 15. The summed E-state index contributed by atoms with van der Waals surface area (Å²) in [6.07, 6.45) is 3.40. The Labute approximate surface area is 291 Å². The molecule has 1 aliphatic rings. The van der Waals surface area contributed by atoms with Crippen LogP contribution in [0.25, 0.3) is 0 Å². The van der Waals surface area contributed by atoms with Crippen molar-refractivity contribution in [2.75, 3.05) is 12.4 Å². The van der Waals surface area contributed by atoms with Crippen molar-refractivity contribution in [3.63, 3.8) is 0 Å². The molecule has 0 bridgehead atoms. The van der Waals surface area contributed by atoms with Crippen molar-refractivity contribution < 1.29 is 41.6 Å². The highest BCUT2D eigenvalue weighted by molar-refractivity contribution is 14.1. The van der Waals surface area contributed by atoms with Crippen molar-refractivity contribution in [2.24, 2.45) is 5.92 Å². The first kappa shape index (κ1) is 38.3. The molecule has 17 heteroatoms. The van der Waals surface area contributed by atoms with Gasteiger partial charge in [-0.15, -0.1) is 0 Å². The van der Waals surface area contributed by atoms with Gasteiger partial charge in [0.15, 0.2) is 0 Å². The van der Waals surface area contributed by atoms with E-state index in [4.69, 9.17) is 18.8 Å². The number of carbonyl (C=O) groups is 3. The monoisotopic (exact) mass is 758 g/mol. The van der Waals surface area contributed by atoms with Crippen LogP contribution in [0.3, 0.4) is 0 Å². The topological polar surface area (TPSA) is 133 Å². The first-order valence-corrected chi connectivity index (χ1v) is 19.4. The Kier molecular flexibility index (Phi) is 14.9. The molecule has 9 nitrogen and oxygen atoms in total. The molecule has 242 valence electrons. The van der Waals surface area contributed by atoms with Crippen LogP contribution in [0.2, 0.25) is 0 Å². The summed E-state index contributed by atoms with van der Waals surface area (Å²) in [4.78, 5) is 40.5. The second kappa shape index (κ2) is 17.9. The van der Waals surface area contributed by atoms with E-state index in [0.29, 0.717) is 23.8 Å². The third-order valence-corrected chi connectivity index (χ3v) is 9.83. The molecule has 3 rings (SSSR count). The van der Waals surface area contributed by atoms with E-state index < -0.39 is 58.5 Å². The number of esters is 3. The van der Waals surface area contributed by atoms with Gasteiger partial charge in [0.2, 0.25) is 5.14 Å². The van der Waals surface area contributed by atoms with Crippen LogP contribution in [-0.2, 0) is 67.0 Å². The predicted octanol–water partition coefficient (Wildman–Crippen LogP) is -1.38. The molecular weight excluding hydrogens is 716 g/mol. The summed E-state index contributed by atoms with van der Waals surface area (Å²) in [6.45, 7) is -0.518. The van der Waals surface area contributed by atoms with E-state index in [2.05, 4.69) is 42.4 Å². The molecular formula is C29H41B6IO9S. The van der Waals surface area contributed by atoms with Crippen LogP contribution in [0.4, 0.5) is 0 Å². The number of halogens is 1. The van der Waals surface area contributed by atoms with Gasteiger partial charge < -0.3 is 14.2 Å². The Morgan fingerprint density at radius 1 is 0.783 bits per heavy atom. The summed E-state index contributed by atoms with van der Waals surface area (Å²) in [5.74, 6) is -3.23. The van der Waals surface area contributed by atoms with Crippen LogP contribution < -0.4 is 0 Å². The molecule has 2 aromatic rings. The minimum Gasteiger partial charge on any atom is -0.464 e. The molecule has 2 aromatic carbocycles. The van der Waals surface area contributed by atoms with Crippen molar-refractivity contribution >= 4 is 94.8 Å². The van der Waals surface area contributed by atoms with Crippen molar-refractivity contribution in [3.05, 3.63) is 68.8 Å². The Morgan fingerprint density at radius 3 is 1.72 bits per heavy atom. The molecule has 0 heterocycles. The van der Waals surface area contributed by atoms with Crippen LogP contribution in [-0.4, -0.2) is 99.8 Å². The van der Waals surface area contributed by atoms with Crippen LogP contribution in [0, 0.1) is 5.92 Å². The lowest BCUT2D eigenvalue weighted by Crippen LogP contribution is -2.39. The molecule has 0 saturated heterocycles. The van der Waals surface area contributed by atoms with Crippen molar-refractivity contribution in [2.45, 2.75) is 69.4 Å². The molecule has 0 amide bonds. The lowest BCUT2D eigenvalue weighted by Gasteiger charge is -2.33. The normalized spacial score (nSPS) is 18.0. The second-order valence-corrected chi connectivity index (χ2v) is 14.3. The molecule has 1 saturated carbocycles. The first-order chi connectivity index (χ1) is 21.9. The molecule has 1 aliphatic carbocycles. The quantitative estimate of drug-likeness (QED) is 0.0769. The van der Waals surface area contributed by atoms with Gasteiger partial charge in [0.1, 0.15) is 63.8 Å². The molecule has 0 spiro atoms. The molecule has 1 fully saturated rings. The van der Waals surface area contributed by atoms with Gasteiger partial charge in [-0.2, -0.15) is 30.8 Å². The maximum Gasteiger partial charge on any atom is 0.338 e. The summed E-state index contributed by atoms with van der Waals surface area (Å²) in [7, 11) is 5.84. The van der Waals surface area contributed by atoms with Crippen molar-refractivity contribution in [1.82, 2.24) is 0 Å². The van der Waals surface area contributed by atoms with Gasteiger partial charge in [0, 0.05) is 6.42 Å². The van der Waals surface area contributed by atoms with Crippen molar-refractivity contribution in [1.29, 1.82) is 0 Å². The Bertz CT molecular complexity index is 1530. The second-order valence-electron chi connectivity index (χ2n) is 11.7. The van der Waals surface area contributed by atoms with E-state index in [1.807, 2.05) is 43.5 Å². The standard InChI is InChI=1S/C29H41B6IO9S/c30-10-16-3-19(12-32)25(14-34)23(5-16)28(38)44-21-7-18(27(37)43-1-2-46(40,41)42)8-22(9-21)45-29(39)24-6-17(11-31)4-20(13-33)26(24)15-35-36/h3-6,18,21-22,35H,1-2,7-15,30-34H2,(H,40,41,42). The lowest BCUT2D eigenvalue weighted by atomic mass is 9.81. The highest BCUT2D eigenvalue weighted by Crippen LogP contribution is 2.32. The fourth-order valence-corrected chi connectivity index (χ4v) is 7.04. The number of ether oxygens (including phenoxy) is 3. The zero-order chi connectivity index (χ0) is 34.0. The van der Waals surface area contributed by atoms with E-state index >= 15 is 0 Å². The van der Waals surface area contributed by atoms with E-state index in [9.17, 15) is 22.8 Å². The molecule has 3 atom stereocenters. The van der Waals surface area contributed by atoms with Gasteiger partial charge in [-0.05, 0) is 42.4 Å². The highest BCUT2D eigenvalue weighted by atomic mass is 127. The molecule has 0 aromatic heterocycles. The molecule has 3 unspecified atom stereocenters. The SMILES string of the molecule is BCc1cc(CB)c(CB)c(C(=O)OC2CC(OC(=O)c3cc(CB)cc(CB)c3CBI)CC(C(=O)OCCS(=O)(=O)O)C2)c1. The molecule has 46 heavy (non-hydrogen) atoms. The maximum atomic E-state index is 13.7. The molecule has 1 N–H and O–H groups in total. The van der Waals surface area contributed by atoms with Crippen LogP contribution >= 0.6 is 22.4 Å². The van der Waals surface area contributed by atoms with Gasteiger partial charge in [-0.3, -0.25) is 9.35 Å². The Hall–Kier alpha value is -2.12. The fraction of sp³-hybridized carbons (Fsp3) is 0.483.